The van der Waals surface area contributed by atoms with Crippen molar-refractivity contribution in [2.45, 2.75) is 12.7 Å². The molecule has 24 heavy (non-hydrogen) atoms. The molecule has 0 saturated carbocycles. The third-order valence-electron chi connectivity index (χ3n) is 3.58. The lowest BCUT2D eigenvalue weighted by Gasteiger charge is -2.26. The SMILES string of the molecule is FC(F)Oc1cnc2cc3c(cc2n1)C(c1cccnc1)OCO3. The highest BCUT2D eigenvalue weighted by atomic mass is 19.3. The number of alkyl halides is 2. The van der Waals surface area contributed by atoms with Gasteiger partial charge in [-0.05, 0) is 12.1 Å². The summed E-state index contributed by atoms with van der Waals surface area (Å²) in [6.07, 6.45) is 4.14. The largest absolute Gasteiger partial charge is 0.467 e. The molecule has 1 aliphatic heterocycles. The zero-order chi connectivity index (χ0) is 16.5. The molecule has 0 aliphatic carbocycles. The number of pyridine rings is 1. The number of aromatic nitrogens is 3. The maximum Gasteiger partial charge on any atom is 0.388 e. The van der Waals surface area contributed by atoms with E-state index in [9.17, 15) is 8.78 Å². The molecule has 0 fully saturated rings. The van der Waals surface area contributed by atoms with Gasteiger partial charge >= 0.3 is 6.61 Å². The van der Waals surface area contributed by atoms with Crippen molar-refractivity contribution in [3.8, 4) is 11.6 Å². The fourth-order valence-electron chi connectivity index (χ4n) is 2.58. The van der Waals surface area contributed by atoms with Crippen LogP contribution in [0.1, 0.15) is 17.2 Å². The zero-order valence-electron chi connectivity index (χ0n) is 12.2. The first-order valence-corrected chi connectivity index (χ1v) is 7.10. The van der Waals surface area contributed by atoms with E-state index in [1.165, 1.54) is 0 Å². The average molecular weight is 331 g/mol. The van der Waals surface area contributed by atoms with Crippen LogP contribution in [-0.4, -0.2) is 28.4 Å². The quantitative estimate of drug-likeness (QED) is 0.735. The van der Waals surface area contributed by atoms with Gasteiger partial charge in [0, 0.05) is 29.6 Å². The van der Waals surface area contributed by atoms with Gasteiger partial charge in [-0.2, -0.15) is 8.78 Å². The standard InChI is InChI=1S/C16H11F2N3O3/c17-16(18)24-14-7-20-11-5-13-10(4-12(11)21-14)15(23-8-22-13)9-2-1-3-19-6-9/h1-7,15-16H,8H2. The normalized spacial score (nSPS) is 16.7. The molecule has 0 radical (unpaired) electrons. The second-order valence-corrected chi connectivity index (χ2v) is 5.06. The molecule has 6 nitrogen and oxygen atoms in total. The Morgan fingerprint density at radius 2 is 2.12 bits per heavy atom. The predicted molar refractivity (Wildman–Crippen MR) is 78.8 cm³/mol. The Morgan fingerprint density at radius 3 is 2.92 bits per heavy atom. The van der Waals surface area contributed by atoms with Crippen molar-refractivity contribution >= 4 is 11.0 Å². The summed E-state index contributed by atoms with van der Waals surface area (Å²) in [5.74, 6) is 0.368. The smallest absolute Gasteiger partial charge is 0.388 e. The second kappa shape index (κ2) is 5.97. The number of halogens is 2. The summed E-state index contributed by atoms with van der Waals surface area (Å²) in [4.78, 5) is 12.2. The van der Waals surface area contributed by atoms with Gasteiger partial charge in [-0.1, -0.05) is 6.07 Å². The lowest BCUT2D eigenvalue weighted by atomic mass is 10.0. The van der Waals surface area contributed by atoms with Gasteiger partial charge in [0.2, 0.25) is 5.88 Å². The van der Waals surface area contributed by atoms with Gasteiger partial charge in [0.15, 0.2) is 6.79 Å². The van der Waals surface area contributed by atoms with E-state index in [0.29, 0.717) is 16.8 Å². The maximum atomic E-state index is 12.3. The average Bonchev–Trinajstić information content (AvgIpc) is 2.59. The minimum Gasteiger partial charge on any atom is -0.467 e. The van der Waals surface area contributed by atoms with E-state index in [2.05, 4.69) is 19.7 Å². The van der Waals surface area contributed by atoms with E-state index in [-0.39, 0.29) is 18.8 Å². The summed E-state index contributed by atoms with van der Waals surface area (Å²) >= 11 is 0. The van der Waals surface area contributed by atoms with Crippen molar-refractivity contribution < 1.29 is 23.0 Å². The van der Waals surface area contributed by atoms with Crippen LogP contribution >= 0.6 is 0 Å². The van der Waals surface area contributed by atoms with Crippen LogP contribution in [-0.2, 0) is 4.74 Å². The van der Waals surface area contributed by atoms with Gasteiger partial charge in [0.1, 0.15) is 11.9 Å². The third-order valence-corrected chi connectivity index (χ3v) is 3.58. The van der Waals surface area contributed by atoms with Crippen molar-refractivity contribution in [2.75, 3.05) is 6.79 Å². The fourth-order valence-corrected chi connectivity index (χ4v) is 2.58. The van der Waals surface area contributed by atoms with E-state index in [1.54, 1.807) is 24.5 Å². The van der Waals surface area contributed by atoms with Crippen molar-refractivity contribution in [3.05, 3.63) is 54.0 Å². The first-order valence-electron chi connectivity index (χ1n) is 7.10. The molecule has 3 aromatic rings. The molecule has 1 aromatic carbocycles. The van der Waals surface area contributed by atoms with Crippen LogP contribution in [0.2, 0.25) is 0 Å². The van der Waals surface area contributed by atoms with Crippen LogP contribution in [0.5, 0.6) is 11.6 Å². The van der Waals surface area contributed by atoms with E-state index < -0.39 is 6.61 Å². The molecule has 1 aliphatic rings. The minimum atomic E-state index is -2.95. The lowest BCUT2D eigenvalue weighted by molar-refractivity contribution is -0.0529. The Kier molecular flexibility index (Phi) is 3.66. The highest BCUT2D eigenvalue weighted by Gasteiger charge is 2.25. The molecule has 8 heteroatoms. The number of fused-ring (bicyclic) bond motifs is 2. The van der Waals surface area contributed by atoms with Crippen molar-refractivity contribution in [1.29, 1.82) is 0 Å². The third kappa shape index (κ3) is 2.71. The molecule has 1 unspecified atom stereocenters. The van der Waals surface area contributed by atoms with Crippen LogP contribution in [0.4, 0.5) is 8.78 Å². The Morgan fingerprint density at radius 1 is 1.21 bits per heavy atom. The van der Waals surface area contributed by atoms with Crippen LogP contribution in [0.15, 0.2) is 42.9 Å². The lowest BCUT2D eigenvalue weighted by Crippen LogP contribution is -2.18. The van der Waals surface area contributed by atoms with E-state index in [4.69, 9.17) is 9.47 Å². The summed E-state index contributed by atoms with van der Waals surface area (Å²) < 4.78 is 40.2. The number of hydrogen-bond acceptors (Lipinski definition) is 6. The fraction of sp³-hybridized carbons (Fsp3) is 0.188. The van der Waals surface area contributed by atoms with Gasteiger partial charge in [-0.3, -0.25) is 4.98 Å². The molecular formula is C16H11F2N3O3. The molecule has 122 valence electrons. The summed E-state index contributed by atoms with van der Waals surface area (Å²) in [6.45, 7) is -2.86. The maximum absolute atomic E-state index is 12.3. The van der Waals surface area contributed by atoms with Crippen molar-refractivity contribution in [3.63, 3.8) is 0 Å². The molecule has 0 bridgehead atoms. The van der Waals surface area contributed by atoms with Crippen LogP contribution < -0.4 is 9.47 Å². The molecule has 1 atom stereocenters. The predicted octanol–water partition coefficient (Wildman–Crippen LogP) is 3.08. The second-order valence-electron chi connectivity index (χ2n) is 5.06. The van der Waals surface area contributed by atoms with Gasteiger partial charge < -0.3 is 14.2 Å². The van der Waals surface area contributed by atoms with Crippen LogP contribution in [0.25, 0.3) is 11.0 Å². The monoisotopic (exact) mass is 331 g/mol. The van der Waals surface area contributed by atoms with Gasteiger partial charge in [0.05, 0.1) is 17.2 Å². The van der Waals surface area contributed by atoms with Crippen molar-refractivity contribution in [1.82, 2.24) is 15.0 Å². The number of hydrogen-bond donors (Lipinski definition) is 0. The highest BCUT2D eigenvalue weighted by Crippen LogP contribution is 2.38. The van der Waals surface area contributed by atoms with E-state index in [1.807, 2.05) is 12.1 Å². The Balaban J connectivity index is 1.80. The molecular weight excluding hydrogens is 320 g/mol. The number of benzene rings is 1. The molecule has 4 rings (SSSR count). The molecule has 0 amide bonds. The summed E-state index contributed by atoms with van der Waals surface area (Å²) in [6, 6.07) is 7.10. The van der Waals surface area contributed by atoms with Crippen molar-refractivity contribution in [2.24, 2.45) is 0 Å². The number of rotatable bonds is 3. The van der Waals surface area contributed by atoms with Gasteiger partial charge in [-0.25, -0.2) is 9.97 Å². The van der Waals surface area contributed by atoms with Crippen LogP contribution in [0.3, 0.4) is 0 Å². The Hall–Kier alpha value is -2.87. The first-order chi connectivity index (χ1) is 11.7. The molecule has 2 aromatic heterocycles. The van der Waals surface area contributed by atoms with E-state index in [0.717, 1.165) is 17.3 Å². The van der Waals surface area contributed by atoms with E-state index >= 15 is 0 Å². The number of ether oxygens (including phenoxy) is 3. The molecule has 3 heterocycles. The molecule has 0 saturated heterocycles. The molecule has 0 spiro atoms. The summed E-state index contributed by atoms with van der Waals surface area (Å²) in [5, 5.41) is 0. The highest BCUT2D eigenvalue weighted by molar-refractivity contribution is 5.78. The number of nitrogens with zero attached hydrogens (tertiary/aromatic N) is 3. The Bertz CT molecular complexity index is 877. The van der Waals surface area contributed by atoms with Gasteiger partial charge in [-0.15, -0.1) is 0 Å². The summed E-state index contributed by atoms with van der Waals surface area (Å²) in [5.41, 5.74) is 2.51. The topological polar surface area (TPSA) is 66.4 Å². The first kappa shape index (κ1) is 14.7. The Labute approximate surface area is 135 Å². The molecule has 0 N–H and O–H groups in total. The summed E-state index contributed by atoms with van der Waals surface area (Å²) in [7, 11) is 0. The van der Waals surface area contributed by atoms with Crippen LogP contribution in [0, 0.1) is 0 Å². The zero-order valence-corrected chi connectivity index (χ0v) is 12.2. The van der Waals surface area contributed by atoms with Gasteiger partial charge in [0.25, 0.3) is 0 Å². The minimum absolute atomic E-state index is 0.0953.